The number of amides is 2. The second-order valence-corrected chi connectivity index (χ2v) is 8.41. The van der Waals surface area contributed by atoms with Crippen molar-refractivity contribution >= 4 is 23.8 Å². The lowest BCUT2D eigenvalue weighted by Crippen LogP contribution is -2.55. The molecule has 25 heavy (non-hydrogen) atoms. The van der Waals surface area contributed by atoms with Crippen molar-refractivity contribution in [1.82, 2.24) is 14.8 Å². The average Bonchev–Trinajstić information content (AvgIpc) is 2.63. The van der Waals surface area contributed by atoms with E-state index in [-0.39, 0.29) is 23.5 Å². The number of hydrogen-bond donors (Lipinski definition) is 0. The maximum Gasteiger partial charge on any atom is 0.410 e. The van der Waals surface area contributed by atoms with Gasteiger partial charge in [-0.25, -0.2) is 9.78 Å². The van der Waals surface area contributed by atoms with Crippen LogP contribution in [0.25, 0.3) is 0 Å². The van der Waals surface area contributed by atoms with Crippen LogP contribution in [0.1, 0.15) is 26.7 Å². The monoisotopic (exact) mass is 363 g/mol. The van der Waals surface area contributed by atoms with E-state index in [9.17, 15) is 9.59 Å². The van der Waals surface area contributed by atoms with E-state index in [1.165, 1.54) is 11.8 Å². The lowest BCUT2D eigenvalue weighted by Gasteiger charge is -2.44. The van der Waals surface area contributed by atoms with Crippen LogP contribution in [0.4, 0.5) is 4.79 Å². The lowest BCUT2D eigenvalue weighted by molar-refractivity contribution is -0.130. The molecule has 0 aliphatic carbocycles. The van der Waals surface area contributed by atoms with Gasteiger partial charge in [-0.15, -0.1) is 0 Å². The fourth-order valence-electron chi connectivity index (χ4n) is 3.28. The molecule has 2 amide bonds. The Kier molecular flexibility index (Phi) is 5.51. The summed E-state index contributed by atoms with van der Waals surface area (Å²) in [7, 11) is 0. The highest BCUT2D eigenvalue weighted by Crippen LogP contribution is 2.28. The number of piperidine rings is 1. The first kappa shape index (κ1) is 18.0. The highest BCUT2D eigenvalue weighted by molar-refractivity contribution is 7.99. The third kappa shape index (κ3) is 4.66. The predicted molar refractivity (Wildman–Crippen MR) is 96.4 cm³/mol. The van der Waals surface area contributed by atoms with Crippen molar-refractivity contribution in [3.05, 3.63) is 24.4 Å². The highest BCUT2D eigenvalue weighted by Gasteiger charge is 2.38. The number of thioether (sulfide) groups is 1. The Labute approximate surface area is 152 Å². The minimum atomic E-state index is -0.213. The van der Waals surface area contributed by atoms with Gasteiger partial charge in [0.05, 0.1) is 17.4 Å². The number of carbonyl (C=O) groups is 2. The molecule has 2 aliphatic heterocycles. The minimum absolute atomic E-state index is 0.0137. The molecule has 1 aromatic heterocycles. The number of pyridine rings is 1. The molecule has 7 heteroatoms. The molecule has 136 valence electrons. The number of ether oxygens (including phenoxy) is 1. The second kappa shape index (κ2) is 7.64. The van der Waals surface area contributed by atoms with E-state index in [4.69, 9.17) is 4.74 Å². The fraction of sp³-hybridized carbons (Fsp3) is 0.611. The molecule has 0 unspecified atom stereocenters. The van der Waals surface area contributed by atoms with Crippen molar-refractivity contribution in [3.63, 3.8) is 0 Å². The summed E-state index contributed by atoms with van der Waals surface area (Å²) in [5.74, 6) is 0.538. The molecule has 0 spiro atoms. The molecule has 3 rings (SSSR count). The Morgan fingerprint density at radius 2 is 2.12 bits per heavy atom. The van der Waals surface area contributed by atoms with Gasteiger partial charge in [0, 0.05) is 37.3 Å². The van der Waals surface area contributed by atoms with Crippen molar-refractivity contribution in [3.8, 4) is 0 Å². The first-order valence-corrected chi connectivity index (χ1v) is 9.68. The predicted octanol–water partition coefficient (Wildman–Crippen LogP) is 2.64. The van der Waals surface area contributed by atoms with Crippen LogP contribution in [-0.4, -0.2) is 64.8 Å². The number of likely N-dealkylation sites (tertiary alicyclic amines) is 1. The highest BCUT2D eigenvalue weighted by atomic mass is 32.2. The standard InChI is InChI=1S/C18H25N3O3S/c1-18(2)12-21(17(23)24-13-18)14-6-9-20(10-7-14)16(22)11-25-15-5-3-4-8-19-15/h3-5,8,14H,6-7,9-13H2,1-2H3. The molecule has 0 atom stereocenters. The van der Waals surface area contributed by atoms with Gasteiger partial charge < -0.3 is 14.5 Å². The van der Waals surface area contributed by atoms with E-state index in [0.717, 1.165) is 24.4 Å². The van der Waals surface area contributed by atoms with E-state index in [1.54, 1.807) is 6.20 Å². The zero-order valence-corrected chi connectivity index (χ0v) is 15.6. The molecule has 0 aromatic carbocycles. The quantitative estimate of drug-likeness (QED) is 0.770. The third-order valence-electron chi connectivity index (χ3n) is 4.66. The topological polar surface area (TPSA) is 62.7 Å². The molecular formula is C18H25N3O3S. The van der Waals surface area contributed by atoms with Crippen molar-refractivity contribution in [2.45, 2.75) is 37.8 Å². The molecule has 0 saturated carbocycles. The minimum Gasteiger partial charge on any atom is -0.449 e. The van der Waals surface area contributed by atoms with Gasteiger partial charge in [0.25, 0.3) is 0 Å². The van der Waals surface area contributed by atoms with Crippen LogP contribution < -0.4 is 0 Å². The van der Waals surface area contributed by atoms with Crippen LogP contribution >= 0.6 is 11.8 Å². The van der Waals surface area contributed by atoms with E-state index < -0.39 is 0 Å². The van der Waals surface area contributed by atoms with Gasteiger partial charge in [-0.3, -0.25) is 4.79 Å². The maximum atomic E-state index is 12.4. The van der Waals surface area contributed by atoms with Gasteiger partial charge in [0.1, 0.15) is 0 Å². The smallest absolute Gasteiger partial charge is 0.410 e. The average molecular weight is 363 g/mol. The van der Waals surface area contributed by atoms with Gasteiger partial charge in [-0.2, -0.15) is 0 Å². The number of carbonyl (C=O) groups excluding carboxylic acids is 2. The van der Waals surface area contributed by atoms with Crippen LogP contribution in [0.3, 0.4) is 0 Å². The lowest BCUT2D eigenvalue weighted by atomic mass is 9.91. The molecule has 2 aliphatic rings. The van der Waals surface area contributed by atoms with Crippen LogP contribution in [0.15, 0.2) is 29.4 Å². The van der Waals surface area contributed by atoms with Crippen LogP contribution in [0.2, 0.25) is 0 Å². The summed E-state index contributed by atoms with van der Waals surface area (Å²) >= 11 is 1.46. The molecule has 2 fully saturated rings. The molecule has 1 aromatic rings. The number of rotatable bonds is 4. The molecule has 2 saturated heterocycles. The van der Waals surface area contributed by atoms with E-state index in [0.29, 0.717) is 25.4 Å². The van der Waals surface area contributed by atoms with E-state index >= 15 is 0 Å². The summed E-state index contributed by atoms with van der Waals surface area (Å²) in [6.07, 6.45) is 3.14. The second-order valence-electron chi connectivity index (χ2n) is 7.42. The normalized spacial score (nSPS) is 21.1. The largest absolute Gasteiger partial charge is 0.449 e. The van der Waals surface area contributed by atoms with Crippen LogP contribution in [-0.2, 0) is 9.53 Å². The van der Waals surface area contributed by atoms with Gasteiger partial charge in [0.15, 0.2) is 0 Å². The summed E-state index contributed by atoms with van der Waals surface area (Å²) < 4.78 is 5.32. The first-order valence-electron chi connectivity index (χ1n) is 8.70. The van der Waals surface area contributed by atoms with Crippen LogP contribution in [0, 0.1) is 5.41 Å². The summed E-state index contributed by atoms with van der Waals surface area (Å²) in [5.41, 5.74) is -0.0137. The SMILES string of the molecule is CC1(C)COC(=O)N(C2CCN(C(=O)CSc3ccccn3)CC2)C1. The number of nitrogens with zero attached hydrogens (tertiary/aromatic N) is 3. The zero-order valence-electron chi connectivity index (χ0n) is 14.8. The van der Waals surface area contributed by atoms with E-state index in [2.05, 4.69) is 18.8 Å². The molecular weight excluding hydrogens is 338 g/mol. The van der Waals surface area contributed by atoms with Crippen molar-refractivity contribution in [1.29, 1.82) is 0 Å². The summed E-state index contributed by atoms with van der Waals surface area (Å²) in [5, 5.41) is 0.865. The fourth-order valence-corrected chi connectivity index (χ4v) is 4.04. The molecule has 0 radical (unpaired) electrons. The summed E-state index contributed by atoms with van der Waals surface area (Å²) in [6.45, 7) is 6.80. The van der Waals surface area contributed by atoms with Gasteiger partial charge in [-0.1, -0.05) is 31.7 Å². The van der Waals surface area contributed by atoms with E-state index in [1.807, 2.05) is 28.0 Å². The number of hydrogen-bond acceptors (Lipinski definition) is 5. The maximum absolute atomic E-state index is 12.4. The molecule has 0 bridgehead atoms. The van der Waals surface area contributed by atoms with Crippen LogP contribution in [0.5, 0.6) is 0 Å². The first-order chi connectivity index (χ1) is 11.9. The van der Waals surface area contributed by atoms with Crippen molar-refractivity contribution in [2.75, 3.05) is 32.0 Å². The molecule has 0 N–H and O–H groups in total. The van der Waals surface area contributed by atoms with Gasteiger partial charge in [-0.05, 0) is 25.0 Å². The van der Waals surface area contributed by atoms with Crippen molar-refractivity contribution < 1.29 is 14.3 Å². The Hall–Kier alpha value is -1.76. The Bertz CT molecular complexity index is 615. The van der Waals surface area contributed by atoms with Crippen molar-refractivity contribution in [2.24, 2.45) is 5.41 Å². The zero-order chi connectivity index (χ0) is 17.9. The summed E-state index contributed by atoms with van der Waals surface area (Å²) in [6, 6.07) is 5.86. The molecule has 6 nitrogen and oxygen atoms in total. The number of aromatic nitrogens is 1. The summed E-state index contributed by atoms with van der Waals surface area (Å²) in [4.78, 5) is 32.4. The third-order valence-corrected chi connectivity index (χ3v) is 5.59. The van der Waals surface area contributed by atoms with Gasteiger partial charge in [0.2, 0.25) is 5.91 Å². The Morgan fingerprint density at radius 1 is 1.36 bits per heavy atom. The Morgan fingerprint density at radius 3 is 2.80 bits per heavy atom. The molecule has 3 heterocycles. The van der Waals surface area contributed by atoms with Gasteiger partial charge >= 0.3 is 6.09 Å². The number of cyclic esters (lactones) is 1. The Balaban J connectivity index is 1.48.